The van der Waals surface area contributed by atoms with Crippen LogP contribution in [0.1, 0.15) is 11.1 Å². The lowest BCUT2D eigenvalue weighted by molar-refractivity contribution is 0.120. The van der Waals surface area contributed by atoms with Gasteiger partial charge in [-0.3, -0.25) is 0 Å². The average Bonchev–Trinajstić information content (AvgIpc) is 2.51. The summed E-state index contributed by atoms with van der Waals surface area (Å²) in [5, 5.41) is 6.11. The van der Waals surface area contributed by atoms with Gasteiger partial charge in [0, 0.05) is 5.56 Å². The Labute approximate surface area is 137 Å². The van der Waals surface area contributed by atoms with Crippen LogP contribution in [0.25, 0.3) is 0 Å². The first-order valence-electron chi connectivity index (χ1n) is 5.79. The molecule has 0 saturated heterocycles. The predicted molar refractivity (Wildman–Crippen MR) is 84.0 cm³/mol. The number of hydrazine groups is 1. The Kier molecular flexibility index (Phi) is 4.92. The van der Waals surface area contributed by atoms with Crippen LogP contribution in [0.15, 0.2) is 29.2 Å². The Hall–Kier alpha value is -1.50. The second-order valence-electron chi connectivity index (χ2n) is 4.01. The van der Waals surface area contributed by atoms with E-state index in [2.05, 4.69) is 10.5 Å². The SMILES string of the molecule is COC1=CC(OC)=NN(C(Cl)c2ccc(Cl)c(Cl)c2N)N1. The van der Waals surface area contributed by atoms with Crippen LogP contribution in [0.4, 0.5) is 5.69 Å². The Morgan fingerprint density at radius 2 is 2.00 bits per heavy atom. The largest absolute Gasteiger partial charge is 0.481 e. The van der Waals surface area contributed by atoms with E-state index in [0.717, 1.165) is 0 Å². The van der Waals surface area contributed by atoms with Gasteiger partial charge in [-0.25, -0.2) is 5.43 Å². The second kappa shape index (κ2) is 6.51. The summed E-state index contributed by atoms with van der Waals surface area (Å²) in [6, 6.07) is 3.29. The molecule has 114 valence electrons. The minimum absolute atomic E-state index is 0.246. The summed E-state index contributed by atoms with van der Waals surface area (Å²) >= 11 is 18.3. The molecule has 0 spiro atoms. The van der Waals surface area contributed by atoms with Gasteiger partial charge in [0.15, 0.2) is 5.50 Å². The number of hydrogen-bond acceptors (Lipinski definition) is 6. The van der Waals surface area contributed by atoms with Gasteiger partial charge < -0.3 is 15.2 Å². The van der Waals surface area contributed by atoms with Gasteiger partial charge in [0.25, 0.3) is 0 Å². The van der Waals surface area contributed by atoms with Crippen LogP contribution in [-0.2, 0) is 9.47 Å². The highest BCUT2D eigenvalue weighted by atomic mass is 35.5. The number of benzene rings is 1. The topological polar surface area (TPSA) is 72.1 Å². The highest BCUT2D eigenvalue weighted by Crippen LogP contribution is 2.37. The van der Waals surface area contributed by atoms with Crippen molar-refractivity contribution < 1.29 is 9.47 Å². The third-order valence-corrected chi connectivity index (χ3v) is 3.99. The minimum atomic E-state index is -0.747. The molecule has 21 heavy (non-hydrogen) atoms. The lowest BCUT2D eigenvalue weighted by Crippen LogP contribution is -2.39. The zero-order valence-electron chi connectivity index (χ0n) is 11.2. The number of rotatable bonds is 3. The molecular formula is C12H13Cl3N4O2. The van der Waals surface area contributed by atoms with E-state index in [4.69, 9.17) is 50.0 Å². The van der Waals surface area contributed by atoms with E-state index in [-0.39, 0.29) is 10.7 Å². The first-order chi connectivity index (χ1) is 9.97. The van der Waals surface area contributed by atoms with E-state index in [1.807, 2.05) is 0 Å². The molecule has 3 N–H and O–H groups in total. The van der Waals surface area contributed by atoms with E-state index in [1.54, 1.807) is 18.2 Å². The van der Waals surface area contributed by atoms with E-state index in [9.17, 15) is 0 Å². The number of hydrazone groups is 1. The maximum atomic E-state index is 6.40. The fourth-order valence-electron chi connectivity index (χ4n) is 1.65. The second-order valence-corrected chi connectivity index (χ2v) is 5.21. The molecule has 0 aliphatic carbocycles. The van der Waals surface area contributed by atoms with Crippen LogP contribution in [0.2, 0.25) is 10.0 Å². The number of nitrogen functional groups attached to an aromatic ring is 1. The van der Waals surface area contributed by atoms with Gasteiger partial charge >= 0.3 is 0 Å². The summed E-state index contributed by atoms with van der Waals surface area (Å²) in [6.07, 6.45) is 1.58. The molecular weight excluding hydrogens is 339 g/mol. The van der Waals surface area contributed by atoms with Crippen molar-refractivity contribution in [3.8, 4) is 0 Å². The van der Waals surface area contributed by atoms with Crippen molar-refractivity contribution in [1.82, 2.24) is 10.5 Å². The average molecular weight is 352 g/mol. The molecule has 0 aromatic heterocycles. The van der Waals surface area contributed by atoms with E-state index in [1.165, 1.54) is 19.3 Å². The normalized spacial score (nSPS) is 15.8. The van der Waals surface area contributed by atoms with Gasteiger partial charge in [0.2, 0.25) is 11.8 Å². The molecule has 1 heterocycles. The van der Waals surface area contributed by atoms with Gasteiger partial charge in [-0.1, -0.05) is 40.9 Å². The fourth-order valence-corrected chi connectivity index (χ4v) is 2.27. The van der Waals surface area contributed by atoms with Crippen molar-refractivity contribution in [3.63, 3.8) is 0 Å². The van der Waals surface area contributed by atoms with Crippen LogP contribution >= 0.6 is 34.8 Å². The molecule has 1 atom stereocenters. The van der Waals surface area contributed by atoms with E-state index >= 15 is 0 Å². The highest BCUT2D eigenvalue weighted by molar-refractivity contribution is 6.43. The monoisotopic (exact) mass is 350 g/mol. The van der Waals surface area contributed by atoms with Crippen LogP contribution in [0.3, 0.4) is 0 Å². The van der Waals surface area contributed by atoms with E-state index in [0.29, 0.717) is 22.4 Å². The predicted octanol–water partition coefficient (Wildman–Crippen LogP) is 3.08. The fraction of sp³-hybridized carbons (Fsp3) is 0.250. The highest BCUT2D eigenvalue weighted by Gasteiger charge is 2.25. The van der Waals surface area contributed by atoms with Crippen LogP contribution in [0.5, 0.6) is 0 Å². The molecule has 1 unspecified atom stereocenters. The van der Waals surface area contributed by atoms with Crippen LogP contribution in [-0.4, -0.2) is 25.2 Å². The van der Waals surface area contributed by atoms with Crippen molar-refractivity contribution in [2.24, 2.45) is 5.10 Å². The summed E-state index contributed by atoms with van der Waals surface area (Å²) in [5.74, 6) is 0.751. The van der Waals surface area contributed by atoms with Crippen LogP contribution in [0, 0.1) is 0 Å². The smallest absolute Gasteiger partial charge is 0.238 e. The van der Waals surface area contributed by atoms with Gasteiger partial charge in [-0.2, -0.15) is 5.12 Å². The maximum absolute atomic E-state index is 6.40. The van der Waals surface area contributed by atoms with E-state index < -0.39 is 5.50 Å². The summed E-state index contributed by atoms with van der Waals surface area (Å²) < 4.78 is 10.2. The number of anilines is 1. The van der Waals surface area contributed by atoms with Crippen molar-refractivity contribution in [2.45, 2.75) is 5.50 Å². The van der Waals surface area contributed by atoms with Gasteiger partial charge in [0.1, 0.15) is 0 Å². The molecule has 0 amide bonds. The summed E-state index contributed by atoms with van der Waals surface area (Å²) in [4.78, 5) is 0. The zero-order chi connectivity index (χ0) is 15.6. The summed E-state index contributed by atoms with van der Waals surface area (Å²) in [7, 11) is 3.00. The Balaban J connectivity index is 2.33. The van der Waals surface area contributed by atoms with Crippen molar-refractivity contribution in [1.29, 1.82) is 0 Å². The molecule has 0 fully saturated rings. The van der Waals surface area contributed by atoms with Gasteiger partial charge in [0.05, 0.1) is 36.0 Å². The Bertz CT molecular complexity index is 606. The molecule has 0 bridgehead atoms. The quantitative estimate of drug-likeness (QED) is 0.497. The van der Waals surface area contributed by atoms with Crippen molar-refractivity contribution >= 4 is 46.4 Å². The number of ether oxygens (including phenoxy) is 2. The number of halogens is 3. The first-order valence-corrected chi connectivity index (χ1v) is 6.98. The molecule has 1 aromatic rings. The third-order valence-electron chi connectivity index (χ3n) is 2.75. The first kappa shape index (κ1) is 15.9. The zero-order valence-corrected chi connectivity index (χ0v) is 13.5. The van der Waals surface area contributed by atoms with Crippen molar-refractivity contribution in [2.75, 3.05) is 20.0 Å². The lowest BCUT2D eigenvalue weighted by atomic mass is 10.2. The van der Waals surface area contributed by atoms with Gasteiger partial charge in [-0.15, -0.1) is 5.10 Å². The number of nitrogens with two attached hydrogens (primary N) is 1. The minimum Gasteiger partial charge on any atom is -0.481 e. The standard InChI is InChI=1S/C12H13Cl3N4O2/c1-20-8-5-9(21-2)18-19(17-8)12(15)6-3-4-7(13)10(14)11(6)16/h3-5,12,17H,16H2,1-2H3. The number of methoxy groups -OCH3 is 2. The molecule has 6 nitrogen and oxygen atoms in total. The molecule has 1 aromatic carbocycles. The van der Waals surface area contributed by atoms with Gasteiger partial charge in [-0.05, 0) is 6.07 Å². The number of nitrogens with zero attached hydrogens (tertiary/aromatic N) is 2. The molecule has 0 saturated carbocycles. The maximum Gasteiger partial charge on any atom is 0.238 e. The third kappa shape index (κ3) is 3.23. The number of nitrogens with one attached hydrogen (secondary N) is 1. The van der Waals surface area contributed by atoms with Crippen LogP contribution < -0.4 is 11.2 Å². The lowest BCUT2D eigenvalue weighted by Gasteiger charge is -2.30. The molecule has 0 radical (unpaired) electrons. The molecule has 1 aliphatic rings. The molecule has 1 aliphatic heterocycles. The van der Waals surface area contributed by atoms with Crippen molar-refractivity contribution in [3.05, 3.63) is 39.7 Å². The molecule has 2 rings (SSSR count). The summed E-state index contributed by atoms with van der Waals surface area (Å²) in [6.45, 7) is 0. The number of hydrogen-bond donors (Lipinski definition) is 2. The Morgan fingerprint density at radius 3 is 2.62 bits per heavy atom. The molecule has 9 heteroatoms. The Morgan fingerprint density at radius 1 is 1.29 bits per heavy atom. The summed E-state index contributed by atoms with van der Waals surface area (Å²) in [5.41, 5.74) is 8.90. The number of alkyl halides is 1.